The summed E-state index contributed by atoms with van der Waals surface area (Å²) in [5.41, 5.74) is 2.24. The summed E-state index contributed by atoms with van der Waals surface area (Å²) < 4.78 is 18.1. The number of benzene rings is 2. The molecule has 0 radical (unpaired) electrons. The van der Waals surface area contributed by atoms with Crippen molar-refractivity contribution in [2.24, 2.45) is 0 Å². The van der Waals surface area contributed by atoms with Crippen molar-refractivity contribution >= 4 is 5.95 Å². The van der Waals surface area contributed by atoms with Crippen molar-refractivity contribution < 1.29 is 14.2 Å². The molecule has 0 bridgehead atoms. The van der Waals surface area contributed by atoms with Crippen LogP contribution in [-0.2, 0) is 0 Å². The lowest BCUT2D eigenvalue weighted by molar-refractivity contribution is 0.352. The van der Waals surface area contributed by atoms with Crippen LogP contribution in [0.3, 0.4) is 0 Å². The van der Waals surface area contributed by atoms with Gasteiger partial charge in [-0.1, -0.05) is 18.2 Å². The Hall–Kier alpha value is -3.22. The monoisotopic (exact) mass is 366 g/mol. The van der Waals surface area contributed by atoms with Gasteiger partial charge >= 0.3 is 0 Å². The van der Waals surface area contributed by atoms with Gasteiger partial charge in [-0.05, 0) is 41.8 Å². The first-order valence-electron chi connectivity index (χ1n) is 8.75. The fraction of sp³-hybridized carbons (Fsp3) is 0.300. The minimum absolute atomic E-state index is 0.0276. The van der Waals surface area contributed by atoms with Crippen LogP contribution in [0.4, 0.5) is 5.95 Å². The first-order valence-corrected chi connectivity index (χ1v) is 8.75. The van der Waals surface area contributed by atoms with Gasteiger partial charge in [0.05, 0.1) is 33.4 Å². The Bertz CT molecular complexity index is 940. The summed E-state index contributed by atoms with van der Waals surface area (Å²) in [5.74, 6) is 2.99. The number of methoxy groups -OCH3 is 3. The number of ether oxygens (including phenoxy) is 3. The van der Waals surface area contributed by atoms with E-state index in [1.54, 1.807) is 27.7 Å². The molecular formula is C20H22N4O3. The molecule has 0 amide bonds. The second kappa shape index (κ2) is 7.19. The van der Waals surface area contributed by atoms with Crippen LogP contribution in [0.25, 0.3) is 0 Å². The van der Waals surface area contributed by atoms with Crippen LogP contribution in [0.1, 0.15) is 29.6 Å². The maximum Gasteiger partial charge on any atom is 0.222 e. The number of nitrogens with one attached hydrogen (secondary N) is 1. The minimum Gasteiger partial charge on any atom is -0.497 e. The number of rotatable bonds is 5. The summed E-state index contributed by atoms with van der Waals surface area (Å²) in [6.45, 7) is 0. The summed E-state index contributed by atoms with van der Waals surface area (Å²) in [6, 6.07) is 14.2. The van der Waals surface area contributed by atoms with Gasteiger partial charge in [0.15, 0.2) is 11.5 Å². The molecular weight excluding hydrogens is 344 g/mol. The van der Waals surface area contributed by atoms with E-state index in [-0.39, 0.29) is 12.1 Å². The van der Waals surface area contributed by atoms with E-state index in [2.05, 4.69) is 27.5 Å². The second-order valence-electron chi connectivity index (χ2n) is 6.37. The van der Waals surface area contributed by atoms with Crippen molar-refractivity contribution in [1.82, 2.24) is 14.8 Å². The van der Waals surface area contributed by atoms with E-state index in [4.69, 9.17) is 14.2 Å². The highest BCUT2D eigenvalue weighted by Gasteiger charge is 2.30. The Balaban J connectivity index is 1.72. The smallest absolute Gasteiger partial charge is 0.222 e. The molecule has 1 N–H and O–H groups in total. The summed E-state index contributed by atoms with van der Waals surface area (Å²) in [4.78, 5) is 4.38. The first kappa shape index (κ1) is 17.2. The molecule has 0 saturated heterocycles. The number of aromatic nitrogens is 3. The Labute approximate surface area is 157 Å². The normalized spacial score (nSPS) is 18.3. The summed E-state index contributed by atoms with van der Waals surface area (Å²) in [6.07, 6.45) is 2.39. The molecule has 1 aromatic heterocycles. The second-order valence-corrected chi connectivity index (χ2v) is 6.37. The topological polar surface area (TPSA) is 70.4 Å². The quantitative estimate of drug-likeness (QED) is 0.746. The summed E-state index contributed by atoms with van der Waals surface area (Å²) >= 11 is 0. The molecule has 0 saturated carbocycles. The molecule has 2 aromatic carbocycles. The number of anilines is 1. The van der Waals surface area contributed by atoms with Crippen molar-refractivity contribution in [1.29, 1.82) is 0 Å². The lowest BCUT2D eigenvalue weighted by Gasteiger charge is -2.32. The van der Waals surface area contributed by atoms with E-state index < -0.39 is 0 Å². The van der Waals surface area contributed by atoms with Crippen LogP contribution in [0, 0.1) is 0 Å². The van der Waals surface area contributed by atoms with Gasteiger partial charge in [-0.2, -0.15) is 10.1 Å². The molecule has 0 fully saturated rings. The highest BCUT2D eigenvalue weighted by molar-refractivity contribution is 5.46. The van der Waals surface area contributed by atoms with E-state index in [1.165, 1.54) is 0 Å². The lowest BCUT2D eigenvalue weighted by Crippen LogP contribution is -2.28. The molecule has 1 aliphatic heterocycles. The largest absolute Gasteiger partial charge is 0.497 e. The van der Waals surface area contributed by atoms with Gasteiger partial charge in [0, 0.05) is 0 Å². The third kappa shape index (κ3) is 3.16. The van der Waals surface area contributed by atoms with Crippen LogP contribution in [0.15, 0.2) is 48.8 Å². The van der Waals surface area contributed by atoms with E-state index in [0.717, 1.165) is 29.2 Å². The fourth-order valence-corrected chi connectivity index (χ4v) is 3.53. The average Bonchev–Trinajstić information content (AvgIpc) is 3.21. The van der Waals surface area contributed by atoms with E-state index in [1.807, 2.05) is 35.0 Å². The van der Waals surface area contributed by atoms with Gasteiger partial charge in [-0.3, -0.25) is 0 Å². The van der Waals surface area contributed by atoms with Crippen molar-refractivity contribution in [3.63, 3.8) is 0 Å². The van der Waals surface area contributed by atoms with E-state index >= 15 is 0 Å². The Morgan fingerprint density at radius 3 is 2.59 bits per heavy atom. The van der Waals surface area contributed by atoms with Crippen molar-refractivity contribution in [3.8, 4) is 17.2 Å². The SMILES string of the molecule is COc1cccc([C@@H]2C[C@@H](c3ccc(OC)c(OC)c3)n3ncnc3N2)c1. The van der Waals surface area contributed by atoms with Crippen LogP contribution in [0.5, 0.6) is 17.2 Å². The zero-order valence-electron chi connectivity index (χ0n) is 15.5. The van der Waals surface area contributed by atoms with E-state index in [0.29, 0.717) is 11.5 Å². The van der Waals surface area contributed by atoms with Crippen molar-refractivity contribution in [2.45, 2.75) is 18.5 Å². The number of hydrogen-bond donors (Lipinski definition) is 1. The zero-order chi connectivity index (χ0) is 18.8. The highest BCUT2D eigenvalue weighted by atomic mass is 16.5. The molecule has 140 valence electrons. The number of fused-ring (bicyclic) bond motifs is 1. The van der Waals surface area contributed by atoms with Crippen LogP contribution >= 0.6 is 0 Å². The molecule has 3 aromatic rings. The maximum absolute atomic E-state index is 5.48. The van der Waals surface area contributed by atoms with Gasteiger partial charge < -0.3 is 19.5 Å². The van der Waals surface area contributed by atoms with E-state index in [9.17, 15) is 0 Å². The van der Waals surface area contributed by atoms with Gasteiger partial charge in [0.25, 0.3) is 0 Å². The number of nitrogens with zero attached hydrogens (tertiary/aromatic N) is 3. The first-order chi connectivity index (χ1) is 13.2. The predicted octanol–water partition coefficient (Wildman–Crippen LogP) is 3.45. The summed E-state index contributed by atoms with van der Waals surface area (Å²) in [5, 5.41) is 7.89. The molecule has 0 spiro atoms. The maximum atomic E-state index is 5.48. The third-order valence-corrected chi connectivity index (χ3v) is 4.92. The Kier molecular flexibility index (Phi) is 4.58. The molecule has 0 aliphatic carbocycles. The number of hydrogen-bond acceptors (Lipinski definition) is 6. The van der Waals surface area contributed by atoms with Crippen LogP contribution in [0.2, 0.25) is 0 Å². The van der Waals surface area contributed by atoms with Gasteiger partial charge in [-0.15, -0.1) is 0 Å². The fourth-order valence-electron chi connectivity index (χ4n) is 3.53. The third-order valence-electron chi connectivity index (χ3n) is 4.92. The molecule has 4 rings (SSSR count). The van der Waals surface area contributed by atoms with Gasteiger partial charge in [0.1, 0.15) is 12.1 Å². The predicted molar refractivity (Wildman–Crippen MR) is 102 cm³/mol. The molecule has 0 unspecified atom stereocenters. The minimum atomic E-state index is 0.0276. The summed E-state index contributed by atoms with van der Waals surface area (Å²) in [7, 11) is 4.96. The molecule has 7 heteroatoms. The van der Waals surface area contributed by atoms with Crippen molar-refractivity contribution in [2.75, 3.05) is 26.6 Å². The highest BCUT2D eigenvalue weighted by Crippen LogP contribution is 2.40. The zero-order valence-corrected chi connectivity index (χ0v) is 15.5. The van der Waals surface area contributed by atoms with Crippen LogP contribution < -0.4 is 19.5 Å². The lowest BCUT2D eigenvalue weighted by atomic mass is 9.93. The van der Waals surface area contributed by atoms with Gasteiger partial charge in [-0.25, -0.2) is 4.68 Å². The molecule has 2 heterocycles. The molecule has 1 aliphatic rings. The van der Waals surface area contributed by atoms with Crippen LogP contribution in [-0.4, -0.2) is 36.1 Å². The van der Waals surface area contributed by atoms with Crippen molar-refractivity contribution in [3.05, 3.63) is 59.9 Å². The molecule has 27 heavy (non-hydrogen) atoms. The van der Waals surface area contributed by atoms with Gasteiger partial charge in [0.2, 0.25) is 5.95 Å². The Morgan fingerprint density at radius 1 is 0.963 bits per heavy atom. The standard InChI is InChI=1S/C20H22N4O3/c1-25-15-6-4-5-13(9-15)16-11-17(24-20(23-16)21-12-22-24)14-7-8-18(26-2)19(10-14)27-3/h4-10,12,16-17H,11H2,1-3H3,(H,21,22,23)/t16-,17-/m0/s1. The molecule has 7 nitrogen and oxygen atoms in total. The average molecular weight is 366 g/mol. The molecule has 2 atom stereocenters. The Morgan fingerprint density at radius 2 is 1.81 bits per heavy atom.